The molecule has 28 heavy (non-hydrogen) atoms. The minimum Gasteiger partial charge on any atom is -0.338 e. The zero-order chi connectivity index (χ0) is 19.7. The molecule has 142 valence electrons. The molecule has 0 radical (unpaired) electrons. The van der Waals surface area contributed by atoms with Gasteiger partial charge in [0.1, 0.15) is 12.0 Å². The summed E-state index contributed by atoms with van der Waals surface area (Å²) in [6.45, 7) is 2.06. The molecule has 7 heteroatoms. The second kappa shape index (κ2) is 7.07. The number of nitrogens with zero attached hydrogens (tertiary/aromatic N) is 3. The first kappa shape index (κ1) is 18.2. The number of alkyl halides is 3. The summed E-state index contributed by atoms with van der Waals surface area (Å²) in [7, 11) is 0. The molecule has 2 heterocycles. The highest BCUT2D eigenvalue weighted by Crippen LogP contribution is 2.35. The Morgan fingerprint density at radius 3 is 2.46 bits per heavy atom. The molecule has 0 atom stereocenters. The molecule has 0 aliphatic carbocycles. The molecule has 4 nitrogen and oxygen atoms in total. The number of anilines is 2. The second-order valence-corrected chi connectivity index (χ2v) is 6.68. The number of hydrogen-bond acceptors (Lipinski definition) is 4. The van der Waals surface area contributed by atoms with Crippen LogP contribution in [0.5, 0.6) is 0 Å². The molecule has 4 rings (SSSR count). The van der Waals surface area contributed by atoms with Crippen molar-refractivity contribution >= 4 is 22.9 Å². The molecule has 1 aliphatic rings. The van der Waals surface area contributed by atoms with Gasteiger partial charge in [0.05, 0.1) is 11.3 Å². The molecule has 1 aliphatic heterocycles. The zero-order valence-corrected chi connectivity index (χ0v) is 15.1. The molecule has 0 spiro atoms. The number of nitrogens with one attached hydrogen (secondary N) is 1. The quantitative estimate of drug-likeness (QED) is 0.656. The molecule has 0 bridgehead atoms. The van der Waals surface area contributed by atoms with Crippen molar-refractivity contribution in [2.45, 2.75) is 25.9 Å². The van der Waals surface area contributed by atoms with Gasteiger partial charge in [-0.25, -0.2) is 9.97 Å². The van der Waals surface area contributed by atoms with Gasteiger partial charge in [0.25, 0.3) is 0 Å². The molecule has 0 fully saturated rings. The lowest BCUT2D eigenvalue weighted by atomic mass is 10.0. The van der Waals surface area contributed by atoms with E-state index in [0.29, 0.717) is 23.6 Å². The van der Waals surface area contributed by atoms with Crippen molar-refractivity contribution in [3.8, 4) is 0 Å². The SMILES string of the molecule is Cc1ccccc1CC1=Nc2c(ncnc2Nc2ccc(C(F)(F)F)cc2)C1. The fourth-order valence-corrected chi connectivity index (χ4v) is 3.15. The largest absolute Gasteiger partial charge is 0.416 e. The third kappa shape index (κ3) is 3.74. The number of aryl methyl sites for hydroxylation is 1. The van der Waals surface area contributed by atoms with Crippen LogP contribution >= 0.6 is 0 Å². The monoisotopic (exact) mass is 382 g/mol. The van der Waals surface area contributed by atoms with Crippen molar-refractivity contribution < 1.29 is 13.2 Å². The Kier molecular flexibility index (Phi) is 4.58. The number of aromatic nitrogens is 2. The van der Waals surface area contributed by atoms with Crippen LogP contribution in [0.25, 0.3) is 0 Å². The summed E-state index contributed by atoms with van der Waals surface area (Å²) in [6.07, 6.45) is -1.56. The van der Waals surface area contributed by atoms with Crippen LogP contribution < -0.4 is 5.32 Å². The van der Waals surface area contributed by atoms with Gasteiger partial charge in [0.15, 0.2) is 5.82 Å². The van der Waals surface area contributed by atoms with E-state index in [1.54, 1.807) is 0 Å². The van der Waals surface area contributed by atoms with E-state index in [0.717, 1.165) is 30.0 Å². The Hall–Kier alpha value is -3.22. The van der Waals surface area contributed by atoms with E-state index in [1.807, 2.05) is 12.1 Å². The van der Waals surface area contributed by atoms with Gasteiger partial charge in [-0.15, -0.1) is 0 Å². The summed E-state index contributed by atoms with van der Waals surface area (Å²) in [5.41, 5.74) is 4.68. The second-order valence-electron chi connectivity index (χ2n) is 6.68. The van der Waals surface area contributed by atoms with Crippen molar-refractivity contribution in [1.82, 2.24) is 9.97 Å². The summed E-state index contributed by atoms with van der Waals surface area (Å²) in [4.78, 5) is 13.2. The lowest BCUT2D eigenvalue weighted by Crippen LogP contribution is -2.05. The molecule has 3 aromatic rings. The lowest BCUT2D eigenvalue weighted by molar-refractivity contribution is -0.137. The standard InChI is InChI=1S/C21H17F3N4/c1-13-4-2-3-5-14(13)10-17-11-18-19(27-17)20(26-12-25-18)28-16-8-6-15(7-9-16)21(22,23)24/h2-9,12H,10-11H2,1H3,(H,25,26,28). The summed E-state index contributed by atoms with van der Waals surface area (Å²) >= 11 is 0. The van der Waals surface area contributed by atoms with Crippen LogP contribution in [0, 0.1) is 6.92 Å². The van der Waals surface area contributed by atoms with E-state index in [1.165, 1.54) is 29.6 Å². The minimum absolute atomic E-state index is 0.490. The van der Waals surface area contributed by atoms with Crippen LogP contribution in [-0.4, -0.2) is 15.7 Å². The Labute approximate surface area is 160 Å². The molecule has 0 saturated heterocycles. The van der Waals surface area contributed by atoms with Gasteiger partial charge >= 0.3 is 6.18 Å². The van der Waals surface area contributed by atoms with Gasteiger partial charge in [-0.1, -0.05) is 24.3 Å². The van der Waals surface area contributed by atoms with Crippen molar-refractivity contribution in [1.29, 1.82) is 0 Å². The van der Waals surface area contributed by atoms with E-state index >= 15 is 0 Å². The van der Waals surface area contributed by atoms with Crippen molar-refractivity contribution in [2.24, 2.45) is 4.99 Å². The van der Waals surface area contributed by atoms with E-state index in [-0.39, 0.29) is 0 Å². The Morgan fingerprint density at radius 2 is 1.75 bits per heavy atom. The van der Waals surface area contributed by atoms with Gasteiger partial charge in [0.2, 0.25) is 0 Å². The first-order valence-corrected chi connectivity index (χ1v) is 8.79. The number of aliphatic imine (C=N–C) groups is 1. The maximum Gasteiger partial charge on any atom is 0.416 e. The maximum atomic E-state index is 12.7. The van der Waals surface area contributed by atoms with Crippen molar-refractivity contribution in [3.63, 3.8) is 0 Å². The van der Waals surface area contributed by atoms with Gasteiger partial charge in [-0.05, 0) is 42.3 Å². The van der Waals surface area contributed by atoms with Crippen LogP contribution in [0.1, 0.15) is 22.4 Å². The van der Waals surface area contributed by atoms with Crippen molar-refractivity contribution in [2.75, 3.05) is 5.32 Å². The third-order valence-corrected chi connectivity index (χ3v) is 4.67. The smallest absolute Gasteiger partial charge is 0.338 e. The number of halogens is 3. The Balaban J connectivity index is 1.56. The lowest BCUT2D eigenvalue weighted by Gasteiger charge is -2.10. The van der Waals surface area contributed by atoms with Gasteiger partial charge in [-0.3, -0.25) is 4.99 Å². The van der Waals surface area contributed by atoms with Crippen LogP contribution in [0.2, 0.25) is 0 Å². The molecule has 0 unspecified atom stereocenters. The molecule has 0 saturated carbocycles. The summed E-state index contributed by atoms with van der Waals surface area (Å²) in [5.74, 6) is 0.490. The summed E-state index contributed by atoms with van der Waals surface area (Å²) in [6, 6.07) is 13.0. The average molecular weight is 382 g/mol. The van der Waals surface area contributed by atoms with E-state index in [9.17, 15) is 13.2 Å². The van der Waals surface area contributed by atoms with Crippen LogP contribution in [-0.2, 0) is 19.0 Å². The first-order chi connectivity index (χ1) is 13.4. The molecular formula is C21H17F3N4. The fraction of sp³-hybridized carbons (Fsp3) is 0.190. The Bertz CT molecular complexity index is 1040. The van der Waals surface area contributed by atoms with Crippen LogP contribution in [0.15, 0.2) is 59.9 Å². The Morgan fingerprint density at radius 1 is 1.00 bits per heavy atom. The average Bonchev–Trinajstić information content (AvgIpc) is 3.07. The van der Waals surface area contributed by atoms with Crippen LogP contribution in [0.4, 0.5) is 30.4 Å². The summed E-state index contributed by atoms with van der Waals surface area (Å²) in [5, 5.41) is 3.05. The molecule has 1 N–H and O–H groups in total. The first-order valence-electron chi connectivity index (χ1n) is 8.79. The van der Waals surface area contributed by atoms with Crippen molar-refractivity contribution in [3.05, 3.63) is 77.2 Å². The van der Waals surface area contributed by atoms with Gasteiger partial charge in [0, 0.05) is 24.2 Å². The van der Waals surface area contributed by atoms with Gasteiger partial charge < -0.3 is 5.32 Å². The molecule has 1 aromatic heterocycles. The predicted octanol–water partition coefficient (Wildman–Crippen LogP) is 5.42. The topological polar surface area (TPSA) is 50.2 Å². The minimum atomic E-state index is -4.36. The normalized spacial score (nSPS) is 13.2. The highest BCUT2D eigenvalue weighted by Gasteiger charge is 2.30. The number of fused-ring (bicyclic) bond motifs is 1. The van der Waals surface area contributed by atoms with E-state index < -0.39 is 11.7 Å². The molecule has 2 aromatic carbocycles. The molecular weight excluding hydrogens is 365 g/mol. The number of hydrogen-bond donors (Lipinski definition) is 1. The number of benzene rings is 2. The fourth-order valence-electron chi connectivity index (χ4n) is 3.15. The maximum absolute atomic E-state index is 12.7. The number of rotatable bonds is 4. The van der Waals surface area contributed by atoms with Gasteiger partial charge in [-0.2, -0.15) is 13.2 Å². The zero-order valence-electron chi connectivity index (χ0n) is 15.1. The summed E-state index contributed by atoms with van der Waals surface area (Å²) < 4.78 is 38.2. The highest BCUT2D eigenvalue weighted by atomic mass is 19.4. The molecule has 0 amide bonds. The van der Waals surface area contributed by atoms with Crippen LogP contribution in [0.3, 0.4) is 0 Å². The highest BCUT2D eigenvalue weighted by molar-refractivity contribution is 5.97. The third-order valence-electron chi connectivity index (χ3n) is 4.67. The van der Waals surface area contributed by atoms with E-state index in [2.05, 4.69) is 34.3 Å². The predicted molar refractivity (Wildman–Crippen MR) is 102 cm³/mol. The van der Waals surface area contributed by atoms with E-state index in [4.69, 9.17) is 4.99 Å².